The van der Waals surface area contributed by atoms with Gasteiger partial charge in [-0.3, -0.25) is 14.5 Å². The largest absolute Gasteiger partial charge is 0.271 e. The standard InChI is InChI=1S/C23H19NO2/c1-16(24-22(25)20-9-5-6-10-21(20)23(24)26)15-17-11-13-19(14-12-17)18-7-3-2-4-8-18/h2-14,16H,15H2,1H3. The van der Waals surface area contributed by atoms with Crippen molar-refractivity contribution in [1.82, 2.24) is 4.90 Å². The summed E-state index contributed by atoms with van der Waals surface area (Å²) in [6.45, 7) is 1.92. The van der Waals surface area contributed by atoms with Crippen LogP contribution in [0.4, 0.5) is 0 Å². The smallest absolute Gasteiger partial charge is 0.261 e. The van der Waals surface area contributed by atoms with E-state index in [2.05, 4.69) is 36.4 Å². The number of carbonyl (C=O) groups excluding carboxylic acids is 2. The van der Waals surface area contributed by atoms with Crippen molar-refractivity contribution in [2.45, 2.75) is 19.4 Å². The summed E-state index contributed by atoms with van der Waals surface area (Å²) in [6.07, 6.45) is 0.639. The summed E-state index contributed by atoms with van der Waals surface area (Å²) in [5.74, 6) is -0.391. The number of hydrogen-bond acceptors (Lipinski definition) is 2. The van der Waals surface area contributed by atoms with E-state index < -0.39 is 0 Å². The molecule has 0 fully saturated rings. The fourth-order valence-electron chi connectivity index (χ4n) is 3.50. The minimum atomic E-state index is -0.195. The molecule has 3 aromatic carbocycles. The van der Waals surface area contributed by atoms with Gasteiger partial charge in [0.25, 0.3) is 11.8 Å². The number of fused-ring (bicyclic) bond motifs is 1. The molecule has 2 amide bonds. The Labute approximate surface area is 152 Å². The lowest BCUT2D eigenvalue weighted by molar-refractivity contribution is 0.0596. The third-order valence-corrected chi connectivity index (χ3v) is 4.86. The lowest BCUT2D eigenvalue weighted by Gasteiger charge is -2.22. The lowest BCUT2D eigenvalue weighted by atomic mass is 10.0. The molecular weight excluding hydrogens is 322 g/mol. The zero-order valence-corrected chi connectivity index (χ0v) is 14.6. The van der Waals surface area contributed by atoms with Gasteiger partial charge in [-0.2, -0.15) is 0 Å². The van der Waals surface area contributed by atoms with Crippen molar-refractivity contribution < 1.29 is 9.59 Å². The van der Waals surface area contributed by atoms with Gasteiger partial charge in [0.1, 0.15) is 0 Å². The monoisotopic (exact) mass is 341 g/mol. The molecule has 1 heterocycles. The molecule has 1 aliphatic heterocycles. The fraction of sp³-hybridized carbons (Fsp3) is 0.130. The minimum absolute atomic E-state index is 0.190. The summed E-state index contributed by atoms with van der Waals surface area (Å²) in [5.41, 5.74) is 4.44. The van der Waals surface area contributed by atoms with Gasteiger partial charge in [-0.15, -0.1) is 0 Å². The zero-order valence-electron chi connectivity index (χ0n) is 14.6. The number of rotatable bonds is 4. The molecule has 1 atom stereocenters. The van der Waals surface area contributed by atoms with Crippen molar-refractivity contribution in [2.24, 2.45) is 0 Å². The maximum absolute atomic E-state index is 12.6. The van der Waals surface area contributed by atoms with Crippen LogP contribution in [0.15, 0.2) is 78.9 Å². The average molecular weight is 341 g/mol. The lowest BCUT2D eigenvalue weighted by Crippen LogP contribution is -2.39. The molecule has 3 heteroatoms. The van der Waals surface area contributed by atoms with E-state index in [-0.39, 0.29) is 17.9 Å². The van der Waals surface area contributed by atoms with Crippen LogP contribution in [0.2, 0.25) is 0 Å². The van der Waals surface area contributed by atoms with E-state index >= 15 is 0 Å². The highest BCUT2D eigenvalue weighted by molar-refractivity contribution is 6.21. The quantitative estimate of drug-likeness (QED) is 0.651. The molecule has 128 valence electrons. The van der Waals surface area contributed by atoms with Crippen LogP contribution in [0.1, 0.15) is 33.2 Å². The van der Waals surface area contributed by atoms with E-state index in [1.54, 1.807) is 24.3 Å². The highest BCUT2D eigenvalue weighted by Crippen LogP contribution is 2.26. The Morgan fingerprint density at radius 1 is 0.692 bits per heavy atom. The van der Waals surface area contributed by atoms with Gasteiger partial charge < -0.3 is 0 Å². The molecular formula is C23H19NO2. The maximum Gasteiger partial charge on any atom is 0.261 e. The Balaban J connectivity index is 1.51. The van der Waals surface area contributed by atoms with Crippen LogP contribution in [0, 0.1) is 0 Å². The van der Waals surface area contributed by atoms with Crippen molar-refractivity contribution >= 4 is 11.8 Å². The molecule has 26 heavy (non-hydrogen) atoms. The second-order valence-electron chi connectivity index (χ2n) is 6.64. The van der Waals surface area contributed by atoms with Gasteiger partial charge >= 0.3 is 0 Å². The first kappa shape index (κ1) is 16.3. The van der Waals surface area contributed by atoms with Gasteiger partial charge in [-0.05, 0) is 42.2 Å². The summed E-state index contributed by atoms with van der Waals surface area (Å²) in [6, 6.07) is 25.3. The van der Waals surface area contributed by atoms with Crippen LogP contribution >= 0.6 is 0 Å². The molecule has 0 aromatic heterocycles. The van der Waals surface area contributed by atoms with Gasteiger partial charge in [-0.25, -0.2) is 0 Å². The number of benzene rings is 3. The van der Waals surface area contributed by atoms with E-state index in [9.17, 15) is 9.59 Å². The second-order valence-corrected chi connectivity index (χ2v) is 6.64. The molecule has 1 aliphatic rings. The van der Waals surface area contributed by atoms with Crippen molar-refractivity contribution in [3.8, 4) is 11.1 Å². The summed E-state index contributed by atoms with van der Waals surface area (Å²) in [4.78, 5) is 26.6. The Morgan fingerprint density at radius 2 is 1.19 bits per heavy atom. The first-order valence-electron chi connectivity index (χ1n) is 8.76. The Bertz CT molecular complexity index is 926. The van der Waals surface area contributed by atoms with Gasteiger partial charge in [0.05, 0.1) is 11.1 Å². The molecule has 0 N–H and O–H groups in total. The van der Waals surface area contributed by atoms with Gasteiger partial charge in [-0.1, -0.05) is 66.7 Å². The predicted molar refractivity (Wildman–Crippen MR) is 102 cm³/mol. The fourth-order valence-corrected chi connectivity index (χ4v) is 3.50. The number of hydrogen-bond donors (Lipinski definition) is 0. The normalized spacial score (nSPS) is 14.4. The highest BCUT2D eigenvalue weighted by atomic mass is 16.2. The van der Waals surface area contributed by atoms with Crippen LogP contribution in [0.5, 0.6) is 0 Å². The minimum Gasteiger partial charge on any atom is -0.271 e. The maximum atomic E-state index is 12.6. The molecule has 1 unspecified atom stereocenters. The van der Waals surface area contributed by atoms with Gasteiger partial charge in [0.15, 0.2) is 0 Å². The van der Waals surface area contributed by atoms with Gasteiger partial charge in [0, 0.05) is 6.04 Å². The zero-order chi connectivity index (χ0) is 18.1. The molecule has 0 radical (unpaired) electrons. The highest BCUT2D eigenvalue weighted by Gasteiger charge is 2.37. The van der Waals surface area contributed by atoms with Crippen LogP contribution in [-0.4, -0.2) is 22.8 Å². The number of imide groups is 1. The molecule has 3 aromatic rings. The Hall–Kier alpha value is -3.20. The second kappa shape index (κ2) is 6.60. The predicted octanol–water partition coefficient (Wildman–Crippen LogP) is 4.58. The molecule has 0 aliphatic carbocycles. The van der Waals surface area contributed by atoms with E-state index in [0.29, 0.717) is 17.5 Å². The van der Waals surface area contributed by atoms with E-state index in [1.165, 1.54) is 10.5 Å². The SMILES string of the molecule is CC(Cc1ccc(-c2ccccc2)cc1)N1C(=O)c2ccccc2C1=O. The van der Waals surface area contributed by atoms with Crippen LogP contribution in [-0.2, 0) is 6.42 Å². The molecule has 0 saturated heterocycles. The first-order valence-corrected chi connectivity index (χ1v) is 8.76. The third kappa shape index (κ3) is 2.82. The van der Waals surface area contributed by atoms with Crippen LogP contribution < -0.4 is 0 Å². The number of amides is 2. The van der Waals surface area contributed by atoms with Crippen molar-refractivity contribution in [3.63, 3.8) is 0 Å². The van der Waals surface area contributed by atoms with Crippen molar-refractivity contribution in [2.75, 3.05) is 0 Å². The summed E-state index contributed by atoms with van der Waals surface area (Å²) in [5, 5.41) is 0. The Kier molecular flexibility index (Phi) is 4.13. The summed E-state index contributed by atoms with van der Waals surface area (Å²) in [7, 11) is 0. The van der Waals surface area contributed by atoms with E-state index in [0.717, 1.165) is 11.1 Å². The number of nitrogens with zero attached hydrogens (tertiary/aromatic N) is 1. The van der Waals surface area contributed by atoms with Crippen molar-refractivity contribution in [3.05, 3.63) is 95.6 Å². The first-order chi connectivity index (χ1) is 12.6. The summed E-state index contributed by atoms with van der Waals surface area (Å²) < 4.78 is 0. The van der Waals surface area contributed by atoms with E-state index in [1.807, 2.05) is 25.1 Å². The van der Waals surface area contributed by atoms with Crippen LogP contribution in [0.25, 0.3) is 11.1 Å². The average Bonchev–Trinajstić information content (AvgIpc) is 2.94. The van der Waals surface area contributed by atoms with Gasteiger partial charge in [0.2, 0.25) is 0 Å². The molecule has 4 rings (SSSR count). The molecule has 0 bridgehead atoms. The number of carbonyl (C=O) groups is 2. The third-order valence-electron chi connectivity index (χ3n) is 4.86. The van der Waals surface area contributed by atoms with E-state index in [4.69, 9.17) is 0 Å². The van der Waals surface area contributed by atoms with Crippen molar-refractivity contribution in [1.29, 1.82) is 0 Å². The molecule has 0 spiro atoms. The Morgan fingerprint density at radius 3 is 1.77 bits per heavy atom. The molecule has 3 nitrogen and oxygen atoms in total. The molecule has 0 saturated carbocycles. The summed E-state index contributed by atoms with van der Waals surface area (Å²) >= 11 is 0. The topological polar surface area (TPSA) is 37.4 Å². The van der Waals surface area contributed by atoms with Crippen LogP contribution in [0.3, 0.4) is 0 Å².